The number of ether oxygens (including phenoxy) is 4. The lowest BCUT2D eigenvalue weighted by atomic mass is 9.94. The summed E-state index contributed by atoms with van der Waals surface area (Å²) in [7, 11) is 0. The number of Topliss-reactive ketones (excluding diaryl/α,β-unsaturated/α-hetero) is 2. The van der Waals surface area contributed by atoms with Crippen molar-refractivity contribution < 1.29 is 38.1 Å². The van der Waals surface area contributed by atoms with Crippen molar-refractivity contribution in [1.82, 2.24) is 10.6 Å². The van der Waals surface area contributed by atoms with Gasteiger partial charge in [-0.2, -0.15) is 0 Å². The van der Waals surface area contributed by atoms with Gasteiger partial charge in [0.25, 0.3) is 11.8 Å². The van der Waals surface area contributed by atoms with Crippen LogP contribution in [0.4, 0.5) is 0 Å². The molecule has 0 atom stereocenters. The molecule has 2 aromatic rings. The van der Waals surface area contributed by atoms with Gasteiger partial charge < -0.3 is 29.6 Å². The van der Waals surface area contributed by atoms with E-state index in [1.165, 1.54) is 13.8 Å². The molecule has 10 nitrogen and oxygen atoms in total. The molecule has 0 heterocycles. The van der Waals surface area contributed by atoms with Gasteiger partial charge in [-0.25, -0.2) is 0 Å². The van der Waals surface area contributed by atoms with Gasteiger partial charge in [0, 0.05) is 37.1 Å². The molecule has 218 valence electrons. The van der Waals surface area contributed by atoms with Crippen molar-refractivity contribution in [2.75, 3.05) is 65.9 Å². The second kappa shape index (κ2) is 19.6. The summed E-state index contributed by atoms with van der Waals surface area (Å²) in [6.45, 7) is 6.53. The SMILES string of the molecule is CC(=O)CCOCCOCCNC(=O)c1ccccc1-c1ccccc1C(=O)NCCOCCOCCC(C)=O. The van der Waals surface area contributed by atoms with E-state index in [1.54, 1.807) is 24.3 Å². The van der Waals surface area contributed by atoms with Crippen molar-refractivity contribution in [3.63, 3.8) is 0 Å². The zero-order valence-electron chi connectivity index (χ0n) is 23.4. The van der Waals surface area contributed by atoms with Crippen LogP contribution in [0.25, 0.3) is 11.1 Å². The third-order valence-corrected chi connectivity index (χ3v) is 5.64. The smallest absolute Gasteiger partial charge is 0.251 e. The van der Waals surface area contributed by atoms with Crippen molar-refractivity contribution in [1.29, 1.82) is 0 Å². The Bertz CT molecular complexity index is 1000. The van der Waals surface area contributed by atoms with Crippen molar-refractivity contribution in [2.24, 2.45) is 0 Å². The lowest BCUT2D eigenvalue weighted by Crippen LogP contribution is -2.29. The van der Waals surface area contributed by atoms with Crippen molar-refractivity contribution in [3.05, 3.63) is 59.7 Å². The van der Waals surface area contributed by atoms with Gasteiger partial charge in [0.05, 0.1) is 52.9 Å². The van der Waals surface area contributed by atoms with Crippen LogP contribution < -0.4 is 10.6 Å². The summed E-state index contributed by atoms with van der Waals surface area (Å²) in [6.07, 6.45) is 0.768. The molecule has 2 amide bonds. The Kier molecular flexibility index (Phi) is 16.1. The van der Waals surface area contributed by atoms with Crippen molar-refractivity contribution in [3.8, 4) is 11.1 Å². The van der Waals surface area contributed by atoms with Crippen LogP contribution in [0.5, 0.6) is 0 Å². The highest BCUT2D eigenvalue weighted by molar-refractivity contribution is 6.06. The Morgan fingerprint density at radius 2 is 0.875 bits per heavy atom. The lowest BCUT2D eigenvalue weighted by Gasteiger charge is -2.14. The molecule has 0 bridgehead atoms. The number of hydrogen-bond acceptors (Lipinski definition) is 8. The molecule has 0 aliphatic heterocycles. The normalized spacial score (nSPS) is 10.8. The maximum atomic E-state index is 13.0. The van der Waals surface area contributed by atoms with Gasteiger partial charge in [0.2, 0.25) is 0 Å². The molecule has 10 heteroatoms. The number of carbonyl (C=O) groups excluding carboxylic acids is 4. The fraction of sp³-hybridized carbons (Fsp3) is 0.467. The number of ketones is 2. The van der Waals surface area contributed by atoms with Crippen LogP contribution in [-0.2, 0) is 28.5 Å². The first-order valence-corrected chi connectivity index (χ1v) is 13.4. The minimum Gasteiger partial charge on any atom is -0.379 e. The molecule has 0 aliphatic rings. The summed E-state index contributed by atoms with van der Waals surface area (Å²) in [5, 5.41) is 5.71. The maximum Gasteiger partial charge on any atom is 0.251 e. The molecule has 0 fully saturated rings. The molecule has 0 aliphatic carbocycles. The van der Waals surface area contributed by atoms with Crippen LogP contribution >= 0.6 is 0 Å². The lowest BCUT2D eigenvalue weighted by molar-refractivity contribution is -0.119. The first-order valence-electron chi connectivity index (χ1n) is 13.4. The van der Waals surface area contributed by atoms with Crippen LogP contribution in [0.1, 0.15) is 47.4 Å². The molecule has 0 aromatic heterocycles. The number of rotatable bonds is 21. The molecule has 0 unspecified atom stereocenters. The number of benzene rings is 2. The molecular weight excluding hydrogens is 516 g/mol. The first-order chi connectivity index (χ1) is 19.4. The quantitative estimate of drug-likeness (QED) is 0.225. The van der Waals surface area contributed by atoms with Crippen LogP contribution in [0.15, 0.2) is 48.5 Å². The van der Waals surface area contributed by atoms with E-state index in [-0.39, 0.29) is 23.4 Å². The Hall–Kier alpha value is -3.44. The zero-order chi connectivity index (χ0) is 29.0. The summed E-state index contributed by atoms with van der Waals surface area (Å²) in [5.41, 5.74) is 2.18. The molecule has 0 saturated carbocycles. The highest BCUT2D eigenvalue weighted by Crippen LogP contribution is 2.27. The minimum absolute atomic E-state index is 0.0818. The number of carbonyl (C=O) groups is 4. The predicted molar refractivity (Wildman–Crippen MR) is 150 cm³/mol. The fourth-order valence-corrected chi connectivity index (χ4v) is 3.57. The Labute approximate surface area is 235 Å². The standard InChI is InChI=1S/C30H40N2O8/c1-23(33)11-15-37-19-21-39-17-13-31-29(35)27-9-5-3-7-25(27)26-8-4-6-10-28(26)30(36)32-14-18-40-22-20-38-16-12-24(2)34/h3-10H,11-22H2,1-2H3,(H,31,35)(H,32,36). The third kappa shape index (κ3) is 13.1. The number of hydrogen-bond donors (Lipinski definition) is 2. The largest absolute Gasteiger partial charge is 0.379 e. The fourth-order valence-electron chi connectivity index (χ4n) is 3.57. The van der Waals surface area contributed by atoms with E-state index >= 15 is 0 Å². The van der Waals surface area contributed by atoms with Gasteiger partial charge in [-0.1, -0.05) is 36.4 Å². The maximum absolute atomic E-state index is 13.0. The van der Waals surface area contributed by atoms with E-state index in [1.807, 2.05) is 24.3 Å². The van der Waals surface area contributed by atoms with Crippen LogP contribution in [0, 0.1) is 0 Å². The molecule has 0 spiro atoms. The van der Waals surface area contributed by atoms with Crippen LogP contribution in [-0.4, -0.2) is 89.3 Å². The average Bonchev–Trinajstić information content (AvgIpc) is 2.94. The summed E-state index contributed by atoms with van der Waals surface area (Å²) in [4.78, 5) is 47.7. The van der Waals surface area contributed by atoms with Gasteiger partial charge in [0.1, 0.15) is 11.6 Å². The van der Waals surface area contributed by atoms with Crippen molar-refractivity contribution >= 4 is 23.4 Å². The molecule has 2 N–H and O–H groups in total. The van der Waals surface area contributed by atoms with Crippen molar-refractivity contribution in [2.45, 2.75) is 26.7 Å². The highest BCUT2D eigenvalue weighted by Gasteiger charge is 2.17. The van der Waals surface area contributed by atoms with E-state index in [4.69, 9.17) is 18.9 Å². The molecule has 0 saturated heterocycles. The van der Waals surface area contributed by atoms with E-state index in [9.17, 15) is 19.2 Å². The van der Waals surface area contributed by atoms with E-state index < -0.39 is 0 Å². The Morgan fingerprint density at radius 3 is 1.25 bits per heavy atom. The van der Waals surface area contributed by atoms with Gasteiger partial charge in [0.15, 0.2) is 0 Å². The molecule has 0 radical (unpaired) electrons. The van der Waals surface area contributed by atoms with E-state index in [0.29, 0.717) is 101 Å². The summed E-state index contributed by atoms with van der Waals surface area (Å²) in [6, 6.07) is 14.3. The minimum atomic E-state index is -0.272. The summed E-state index contributed by atoms with van der Waals surface area (Å²) >= 11 is 0. The number of amides is 2. The topological polar surface area (TPSA) is 129 Å². The van der Waals surface area contributed by atoms with Gasteiger partial charge in [-0.3, -0.25) is 19.2 Å². The highest BCUT2D eigenvalue weighted by atomic mass is 16.5. The van der Waals surface area contributed by atoms with E-state index in [0.717, 1.165) is 0 Å². The second-order valence-electron chi connectivity index (χ2n) is 8.96. The van der Waals surface area contributed by atoms with Gasteiger partial charge in [-0.15, -0.1) is 0 Å². The Morgan fingerprint density at radius 1 is 0.525 bits per heavy atom. The Balaban J connectivity index is 1.82. The van der Waals surface area contributed by atoms with Gasteiger partial charge >= 0.3 is 0 Å². The zero-order valence-corrected chi connectivity index (χ0v) is 23.4. The van der Waals surface area contributed by atoms with Gasteiger partial charge in [-0.05, 0) is 37.1 Å². The van der Waals surface area contributed by atoms with Crippen LogP contribution in [0.3, 0.4) is 0 Å². The molecular formula is C30H40N2O8. The predicted octanol–water partition coefficient (Wildman–Crippen LogP) is 2.84. The average molecular weight is 557 g/mol. The second-order valence-corrected chi connectivity index (χ2v) is 8.96. The summed E-state index contributed by atoms with van der Waals surface area (Å²) in [5.74, 6) is -0.381. The molecule has 40 heavy (non-hydrogen) atoms. The monoisotopic (exact) mass is 556 g/mol. The summed E-state index contributed by atoms with van der Waals surface area (Å²) < 4.78 is 21.6. The number of nitrogens with one attached hydrogen (secondary N) is 2. The molecule has 2 aromatic carbocycles. The molecule has 2 rings (SSSR count). The van der Waals surface area contributed by atoms with Crippen LogP contribution in [0.2, 0.25) is 0 Å². The third-order valence-electron chi connectivity index (χ3n) is 5.64. The first kappa shape index (κ1) is 32.8. The van der Waals surface area contributed by atoms with E-state index in [2.05, 4.69) is 10.6 Å².